The summed E-state index contributed by atoms with van der Waals surface area (Å²) in [7, 11) is 2.16. The van der Waals surface area contributed by atoms with E-state index in [4.69, 9.17) is 4.74 Å². The first kappa shape index (κ1) is 18.2. The maximum Gasteiger partial charge on any atom is 0.410 e. The number of thiazole rings is 1. The van der Waals surface area contributed by atoms with Gasteiger partial charge in [-0.3, -0.25) is 4.90 Å². The number of ether oxygens (including phenoxy) is 1. The Morgan fingerprint density at radius 1 is 1.48 bits per heavy atom. The largest absolute Gasteiger partial charge is 0.444 e. The Balaban J connectivity index is 1.77. The number of carbonyl (C=O) groups excluding carboxylic acids is 1. The minimum atomic E-state index is -0.419. The Bertz CT molecular complexity index is 490. The van der Waals surface area contributed by atoms with Gasteiger partial charge in [-0.25, -0.2) is 9.78 Å². The topological polar surface area (TPSA) is 45.7 Å². The molecule has 6 heteroatoms. The van der Waals surface area contributed by atoms with Gasteiger partial charge in [0.05, 0.1) is 6.04 Å². The molecule has 23 heavy (non-hydrogen) atoms. The van der Waals surface area contributed by atoms with Gasteiger partial charge in [0.1, 0.15) is 10.6 Å². The molecule has 1 aliphatic heterocycles. The first-order valence-electron chi connectivity index (χ1n) is 8.34. The standard InChI is InChI=1S/C17H29N3O2S/c1-13(15-18-8-11-23-15)19(5)12-14-6-9-20(10-7-14)16(21)22-17(2,3)4/h8,11,13-14H,6-7,9-10,12H2,1-5H3/t13-/m0/s1. The molecule has 1 aromatic heterocycles. The summed E-state index contributed by atoms with van der Waals surface area (Å²) in [5.41, 5.74) is -0.419. The minimum absolute atomic E-state index is 0.180. The van der Waals surface area contributed by atoms with Crippen molar-refractivity contribution in [3.8, 4) is 0 Å². The van der Waals surface area contributed by atoms with Gasteiger partial charge in [0.25, 0.3) is 0 Å². The second-order valence-electron chi connectivity index (χ2n) is 7.40. The number of piperidine rings is 1. The summed E-state index contributed by atoms with van der Waals surface area (Å²) in [6, 6.07) is 0.346. The van der Waals surface area contributed by atoms with E-state index in [9.17, 15) is 4.79 Å². The van der Waals surface area contributed by atoms with E-state index in [2.05, 4.69) is 23.9 Å². The molecule has 1 fully saturated rings. The van der Waals surface area contributed by atoms with E-state index >= 15 is 0 Å². The van der Waals surface area contributed by atoms with Crippen LogP contribution in [-0.2, 0) is 4.74 Å². The number of amides is 1. The molecule has 1 aliphatic rings. The molecule has 0 N–H and O–H groups in total. The molecule has 0 bridgehead atoms. The predicted molar refractivity (Wildman–Crippen MR) is 93.7 cm³/mol. The SMILES string of the molecule is C[C@@H](c1nccs1)N(C)CC1CCN(C(=O)OC(C)(C)C)CC1. The van der Waals surface area contributed by atoms with Crippen molar-refractivity contribution in [1.29, 1.82) is 0 Å². The van der Waals surface area contributed by atoms with Crippen molar-refractivity contribution >= 4 is 17.4 Å². The van der Waals surface area contributed by atoms with Crippen molar-refractivity contribution in [1.82, 2.24) is 14.8 Å². The van der Waals surface area contributed by atoms with Crippen molar-refractivity contribution < 1.29 is 9.53 Å². The van der Waals surface area contributed by atoms with Gasteiger partial charge < -0.3 is 9.64 Å². The summed E-state index contributed by atoms with van der Waals surface area (Å²) < 4.78 is 5.45. The maximum atomic E-state index is 12.1. The fourth-order valence-corrected chi connectivity index (χ4v) is 3.58. The average molecular weight is 340 g/mol. The Morgan fingerprint density at radius 2 is 2.13 bits per heavy atom. The summed E-state index contributed by atoms with van der Waals surface area (Å²) in [5.74, 6) is 0.626. The number of rotatable bonds is 4. The monoisotopic (exact) mass is 339 g/mol. The molecular weight excluding hydrogens is 310 g/mol. The fraction of sp³-hybridized carbons (Fsp3) is 0.765. The van der Waals surface area contributed by atoms with Crippen molar-refractivity contribution in [2.75, 3.05) is 26.7 Å². The first-order valence-corrected chi connectivity index (χ1v) is 9.22. The maximum absolute atomic E-state index is 12.1. The Morgan fingerprint density at radius 3 is 2.65 bits per heavy atom. The molecular formula is C17H29N3O2S. The van der Waals surface area contributed by atoms with Crippen LogP contribution in [0.2, 0.25) is 0 Å². The Kier molecular flexibility index (Phi) is 6.03. The highest BCUT2D eigenvalue weighted by atomic mass is 32.1. The van der Waals surface area contributed by atoms with Gasteiger partial charge in [0, 0.05) is 31.2 Å². The van der Waals surface area contributed by atoms with E-state index in [0.717, 1.165) is 32.5 Å². The Labute approximate surface area is 143 Å². The molecule has 1 saturated heterocycles. The van der Waals surface area contributed by atoms with Crippen LogP contribution >= 0.6 is 11.3 Å². The number of hydrogen-bond donors (Lipinski definition) is 0. The van der Waals surface area contributed by atoms with Gasteiger partial charge in [-0.15, -0.1) is 11.3 Å². The zero-order chi connectivity index (χ0) is 17.0. The summed E-state index contributed by atoms with van der Waals surface area (Å²) in [5, 5.41) is 3.19. The number of aromatic nitrogens is 1. The van der Waals surface area contributed by atoms with Gasteiger partial charge >= 0.3 is 6.09 Å². The molecule has 0 spiro atoms. The van der Waals surface area contributed by atoms with Crippen LogP contribution in [0.15, 0.2) is 11.6 Å². The first-order chi connectivity index (χ1) is 10.8. The summed E-state index contributed by atoms with van der Waals surface area (Å²) in [6.45, 7) is 10.6. The van der Waals surface area contributed by atoms with Crippen LogP contribution in [0.5, 0.6) is 0 Å². The molecule has 0 aliphatic carbocycles. The third-order valence-corrected chi connectivity index (χ3v) is 5.23. The molecule has 5 nitrogen and oxygen atoms in total. The molecule has 1 amide bonds. The van der Waals surface area contributed by atoms with Crippen molar-refractivity contribution in [3.05, 3.63) is 16.6 Å². The predicted octanol–water partition coefficient (Wildman–Crippen LogP) is 3.78. The zero-order valence-corrected chi connectivity index (χ0v) is 15.7. The highest BCUT2D eigenvalue weighted by Gasteiger charge is 2.28. The van der Waals surface area contributed by atoms with E-state index < -0.39 is 5.60 Å². The second-order valence-corrected chi connectivity index (χ2v) is 8.32. The molecule has 1 atom stereocenters. The minimum Gasteiger partial charge on any atom is -0.444 e. The highest BCUT2D eigenvalue weighted by molar-refractivity contribution is 7.09. The lowest BCUT2D eigenvalue weighted by atomic mass is 9.96. The molecule has 0 saturated carbocycles. The molecule has 0 aromatic carbocycles. The van der Waals surface area contributed by atoms with Crippen LogP contribution in [-0.4, -0.2) is 53.2 Å². The van der Waals surface area contributed by atoms with Gasteiger partial charge in [0.15, 0.2) is 0 Å². The molecule has 130 valence electrons. The lowest BCUT2D eigenvalue weighted by Gasteiger charge is -2.35. The average Bonchev–Trinajstić information content (AvgIpc) is 2.99. The van der Waals surface area contributed by atoms with E-state index in [1.807, 2.05) is 37.2 Å². The summed E-state index contributed by atoms with van der Waals surface area (Å²) >= 11 is 1.71. The van der Waals surface area contributed by atoms with Gasteiger partial charge in [-0.05, 0) is 53.5 Å². The Hall–Kier alpha value is -1.14. The number of likely N-dealkylation sites (tertiary alicyclic amines) is 1. The van der Waals surface area contributed by atoms with Crippen molar-refractivity contribution in [2.24, 2.45) is 5.92 Å². The second kappa shape index (κ2) is 7.62. The van der Waals surface area contributed by atoms with Gasteiger partial charge in [-0.1, -0.05) is 0 Å². The van der Waals surface area contributed by atoms with Gasteiger partial charge in [0.2, 0.25) is 0 Å². The smallest absolute Gasteiger partial charge is 0.410 e. The number of nitrogens with zero attached hydrogens (tertiary/aromatic N) is 3. The molecule has 0 unspecified atom stereocenters. The number of hydrogen-bond acceptors (Lipinski definition) is 5. The third-order valence-electron chi connectivity index (χ3n) is 4.28. The van der Waals surface area contributed by atoms with Crippen LogP contribution in [0.1, 0.15) is 51.6 Å². The highest BCUT2D eigenvalue weighted by Crippen LogP contribution is 2.25. The molecule has 1 aromatic rings. The summed E-state index contributed by atoms with van der Waals surface area (Å²) in [6.07, 6.45) is 3.76. The van der Waals surface area contributed by atoms with Crippen molar-refractivity contribution in [3.63, 3.8) is 0 Å². The summed E-state index contributed by atoms with van der Waals surface area (Å²) in [4.78, 5) is 20.7. The fourth-order valence-electron chi connectivity index (χ4n) is 2.82. The van der Waals surface area contributed by atoms with E-state index in [-0.39, 0.29) is 6.09 Å². The molecule has 2 heterocycles. The zero-order valence-electron chi connectivity index (χ0n) is 14.9. The third kappa shape index (κ3) is 5.46. The van der Waals surface area contributed by atoms with Crippen LogP contribution in [0.25, 0.3) is 0 Å². The van der Waals surface area contributed by atoms with E-state index in [1.165, 1.54) is 5.01 Å². The quantitative estimate of drug-likeness (QED) is 0.837. The van der Waals surface area contributed by atoms with E-state index in [0.29, 0.717) is 12.0 Å². The van der Waals surface area contributed by atoms with Crippen molar-refractivity contribution in [2.45, 2.75) is 52.2 Å². The lowest BCUT2D eigenvalue weighted by Crippen LogP contribution is -2.43. The lowest BCUT2D eigenvalue weighted by molar-refractivity contribution is 0.0168. The number of carbonyl (C=O) groups is 1. The van der Waals surface area contributed by atoms with Crippen LogP contribution in [0, 0.1) is 5.92 Å². The molecule has 2 rings (SSSR count). The van der Waals surface area contributed by atoms with Crippen LogP contribution in [0.4, 0.5) is 4.79 Å². The molecule has 0 radical (unpaired) electrons. The van der Waals surface area contributed by atoms with E-state index in [1.54, 1.807) is 11.3 Å². The van der Waals surface area contributed by atoms with Gasteiger partial charge in [-0.2, -0.15) is 0 Å². The van der Waals surface area contributed by atoms with Crippen LogP contribution < -0.4 is 0 Å². The van der Waals surface area contributed by atoms with Crippen LogP contribution in [0.3, 0.4) is 0 Å². The normalized spacial score (nSPS) is 18.3.